The van der Waals surface area contributed by atoms with Crippen LogP contribution in [-0.2, 0) is 18.4 Å². The zero-order chi connectivity index (χ0) is 19.4. The van der Waals surface area contributed by atoms with E-state index in [0.29, 0.717) is 11.7 Å². The molecule has 1 atom stereocenters. The summed E-state index contributed by atoms with van der Waals surface area (Å²) in [7, 11) is 3.61. The standard InChI is InChI=1S/C20H21FN4OS/c1-14(19(26)24(2)13-15-8-7-11-17(21)12-15)27-20-23-22-18(25(20)3)16-9-5-4-6-10-16/h4-12,14H,13H2,1-3H3/t14-/m1/s1. The van der Waals surface area contributed by atoms with Crippen LogP contribution in [0.25, 0.3) is 11.4 Å². The van der Waals surface area contributed by atoms with Gasteiger partial charge < -0.3 is 9.47 Å². The number of amides is 1. The third-order valence-electron chi connectivity index (χ3n) is 4.18. The van der Waals surface area contributed by atoms with Crippen LogP contribution in [0.4, 0.5) is 4.39 Å². The van der Waals surface area contributed by atoms with Gasteiger partial charge in [-0.3, -0.25) is 4.79 Å². The second kappa shape index (κ2) is 8.35. The van der Waals surface area contributed by atoms with Crippen LogP contribution in [0.2, 0.25) is 0 Å². The number of halogens is 1. The summed E-state index contributed by atoms with van der Waals surface area (Å²) < 4.78 is 15.2. The maximum atomic E-state index is 13.3. The van der Waals surface area contributed by atoms with Crippen molar-refractivity contribution in [2.24, 2.45) is 7.05 Å². The predicted molar refractivity (Wildman–Crippen MR) is 105 cm³/mol. The van der Waals surface area contributed by atoms with E-state index >= 15 is 0 Å². The summed E-state index contributed by atoms with van der Waals surface area (Å²) in [5, 5.41) is 8.81. The van der Waals surface area contributed by atoms with E-state index in [1.165, 1.54) is 23.9 Å². The molecule has 1 heterocycles. The highest BCUT2D eigenvalue weighted by Crippen LogP contribution is 2.26. The average Bonchev–Trinajstić information content (AvgIpc) is 3.02. The van der Waals surface area contributed by atoms with E-state index in [-0.39, 0.29) is 17.0 Å². The lowest BCUT2D eigenvalue weighted by molar-refractivity contribution is -0.129. The van der Waals surface area contributed by atoms with Crippen LogP contribution in [0, 0.1) is 5.82 Å². The van der Waals surface area contributed by atoms with Gasteiger partial charge in [0.15, 0.2) is 11.0 Å². The first-order valence-corrected chi connectivity index (χ1v) is 9.44. The third kappa shape index (κ3) is 4.54. The Labute approximate surface area is 162 Å². The first-order valence-electron chi connectivity index (χ1n) is 8.56. The average molecular weight is 384 g/mol. The molecule has 0 fully saturated rings. The molecule has 3 rings (SSSR count). The molecule has 0 aliphatic rings. The molecule has 1 amide bonds. The maximum absolute atomic E-state index is 13.3. The lowest BCUT2D eigenvalue weighted by Gasteiger charge is -2.21. The van der Waals surface area contributed by atoms with Crippen molar-refractivity contribution in [3.8, 4) is 11.4 Å². The van der Waals surface area contributed by atoms with Gasteiger partial charge >= 0.3 is 0 Å². The number of carbonyl (C=O) groups excluding carboxylic acids is 1. The summed E-state index contributed by atoms with van der Waals surface area (Å²) in [6.45, 7) is 2.20. The zero-order valence-electron chi connectivity index (χ0n) is 15.5. The molecule has 0 radical (unpaired) electrons. The highest BCUT2D eigenvalue weighted by atomic mass is 32.2. The molecule has 3 aromatic rings. The number of aromatic nitrogens is 3. The van der Waals surface area contributed by atoms with Gasteiger partial charge in [0.05, 0.1) is 5.25 Å². The Balaban J connectivity index is 1.67. The second-order valence-corrected chi connectivity index (χ2v) is 7.62. The zero-order valence-corrected chi connectivity index (χ0v) is 16.3. The van der Waals surface area contributed by atoms with Gasteiger partial charge in [0.25, 0.3) is 0 Å². The highest BCUT2D eigenvalue weighted by molar-refractivity contribution is 8.00. The fourth-order valence-corrected chi connectivity index (χ4v) is 3.69. The van der Waals surface area contributed by atoms with Crippen LogP contribution in [0.1, 0.15) is 12.5 Å². The summed E-state index contributed by atoms with van der Waals surface area (Å²) in [5.74, 6) is 0.405. The van der Waals surface area contributed by atoms with Gasteiger partial charge in [-0.05, 0) is 24.6 Å². The minimum absolute atomic E-state index is 0.0477. The van der Waals surface area contributed by atoms with Crippen molar-refractivity contribution in [3.05, 3.63) is 66.0 Å². The Bertz CT molecular complexity index is 929. The summed E-state index contributed by atoms with van der Waals surface area (Å²) in [6.07, 6.45) is 0. The Morgan fingerprint density at radius 3 is 2.63 bits per heavy atom. The third-order valence-corrected chi connectivity index (χ3v) is 5.30. The fraction of sp³-hybridized carbons (Fsp3) is 0.250. The molecular formula is C20H21FN4OS. The van der Waals surface area contributed by atoms with Crippen LogP contribution >= 0.6 is 11.8 Å². The molecule has 0 N–H and O–H groups in total. The molecule has 1 aromatic heterocycles. The van der Waals surface area contributed by atoms with Gasteiger partial charge in [-0.25, -0.2) is 4.39 Å². The molecule has 0 spiro atoms. The Kier molecular flexibility index (Phi) is 5.91. The number of thioether (sulfide) groups is 1. The minimum Gasteiger partial charge on any atom is -0.340 e. The maximum Gasteiger partial charge on any atom is 0.235 e. The number of hydrogen-bond acceptors (Lipinski definition) is 4. The second-order valence-electron chi connectivity index (χ2n) is 6.32. The van der Waals surface area contributed by atoms with Gasteiger partial charge in [0.1, 0.15) is 5.82 Å². The molecule has 7 heteroatoms. The van der Waals surface area contributed by atoms with Crippen molar-refractivity contribution < 1.29 is 9.18 Å². The topological polar surface area (TPSA) is 51.0 Å². The van der Waals surface area contributed by atoms with E-state index in [1.54, 1.807) is 24.1 Å². The van der Waals surface area contributed by atoms with Crippen molar-refractivity contribution >= 4 is 17.7 Å². The molecular weight excluding hydrogens is 363 g/mol. The summed E-state index contributed by atoms with van der Waals surface area (Å²) >= 11 is 1.36. The number of nitrogens with zero attached hydrogens (tertiary/aromatic N) is 4. The van der Waals surface area contributed by atoms with Crippen molar-refractivity contribution in [1.82, 2.24) is 19.7 Å². The molecule has 27 heavy (non-hydrogen) atoms. The Morgan fingerprint density at radius 2 is 1.93 bits per heavy atom. The van der Waals surface area contributed by atoms with Crippen LogP contribution in [-0.4, -0.2) is 37.9 Å². The van der Waals surface area contributed by atoms with Gasteiger partial charge in [-0.1, -0.05) is 54.2 Å². The van der Waals surface area contributed by atoms with E-state index in [9.17, 15) is 9.18 Å². The molecule has 2 aromatic carbocycles. The minimum atomic E-state index is -0.338. The smallest absolute Gasteiger partial charge is 0.235 e. The monoisotopic (exact) mass is 384 g/mol. The lowest BCUT2D eigenvalue weighted by atomic mass is 10.2. The molecule has 0 saturated carbocycles. The molecule has 140 valence electrons. The number of rotatable bonds is 6. The molecule has 5 nitrogen and oxygen atoms in total. The Morgan fingerprint density at radius 1 is 1.19 bits per heavy atom. The summed E-state index contributed by atoms with van der Waals surface area (Å²) in [4.78, 5) is 14.3. The predicted octanol–water partition coefficient (Wildman–Crippen LogP) is 3.76. The number of benzene rings is 2. The summed E-state index contributed by atoms with van der Waals surface area (Å²) in [5.41, 5.74) is 1.73. The van der Waals surface area contributed by atoms with Crippen molar-refractivity contribution in [2.45, 2.75) is 23.9 Å². The lowest BCUT2D eigenvalue weighted by Crippen LogP contribution is -2.33. The van der Waals surface area contributed by atoms with Crippen molar-refractivity contribution in [1.29, 1.82) is 0 Å². The van der Waals surface area contributed by atoms with Crippen molar-refractivity contribution in [2.75, 3.05) is 7.05 Å². The fourth-order valence-electron chi connectivity index (χ4n) is 2.76. The van der Waals surface area contributed by atoms with E-state index in [1.807, 2.05) is 48.9 Å². The summed E-state index contributed by atoms with van der Waals surface area (Å²) in [6, 6.07) is 16.1. The SMILES string of the molecule is C[C@@H](Sc1nnc(-c2ccccc2)n1C)C(=O)N(C)Cc1cccc(F)c1. The van der Waals surface area contributed by atoms with Crippen LogP contribution < -0.4 is 0 Å². The van der Waals surface area contributed by atoms with Gasteiger partial charge in [0.2, 0.25) is 5.91 Å². The van der Waals surface area contributed by atoms with E-state index < -0.39 is 0 Å². The van der Waals surface area contributed by atoms with Crippen LogP contribution in [0.5, 0.6) is 0 Å². The van der Waals surface area contributed by atoms with Gasteiger partial charge in [0, 0.05) is 26.2 Å². The van der Waals surface area contributed by atoms with E-state index in [0.717, 1.165) is 17.0 Å². The highest BCUT2D eigenvalue weighted by Gasteiger charge is 2.22. The Hall–Kier alpha value is -2.67. The van der Waals surface area contributed by atoms with Crippen molar-refractivity contribution in [3.63, 3.8) is 0 Å². The molecule has 0 unspecified atom stereocenters. The first-order chi connectivity index (χ1) is 13.0. The quantitative estimate of drug-likeness (QED) is 0.607. The van der Waals surface area contributed by atoms with E-state index in [4.69, 9.17) is 0 Å². The first kappa shape index (κ1) is 19.1. The largest absolute Gasteiger partial charge is 0.340 e. The molecule has 0 aliphatic carbocycles. The van der Waals surface area contributed by atoms with Crippen LogP contribution in [0.3, 0.4) is 0 Å². The van der Waals surface area contributed by atoms with Crippen LogP contribution in [0.15, 0.2) is 59.8 Å². The molecule has 0 saturated heterocycles. The van der Waals surface area contributed by atoms with Gasteiger partial charge in [-0.2, -0.15) is 0 Å². The van der Waals surface area contributed by atoms with Gasteiger partial charge in [-0.15, -0.1) is 10.2 Å². The molecule has 0 bridgehead atoms. The molecule has 0 aliphatic heterocycles. The normalized spacial score (nSPS) is 12.0. The van der Waals surface area contributed by atoms with E-state index in [2.05, 4.69) is 10.2 Å². The number of carbonyl (C=O) groups is 1. The number of hydrogen-bond donors (Lipinski definition) is 0.